The summed E-state index contributed by atoms with van der Waals surface area (Å²) in [5.41, 5.74) is 0.864. The monoisotopic (exact) mass is 391 g/mol. The van der Waals surface area contributed by atoms with Crippen molar-refractivity contribution in [2.75, 3.05) is 33.3 Å². The van der Waals surface area contributed by atoms with Gasteiger partial charge in [0.1, 0.15) is 12.6 Å². The van der Waals surface area contributed by atoms with Crippen LogP contribution in [-0.2, 0) is 30.5 Å². The van der Waals surface area contributed by atoms with Crippen LogP contribution in [0, 0.1) is 0 Å². The summed E-state index contributed by atoms with van der Waals surface area (Å²) < 4.78 is 9.92. The van der Waals surface area contributed by atoms with Crippen molar-refractivity contribution in [1.82, 2.24) is 15.1 Å². The molecule has 0 saturated carbocycles. The van der Waals surface area contributed by atoms with Crippen molar-refractivity contribution in [3.63, 3.8) is 0 Å². The SMILES string of the molecule is COC(=O)[C@H](CCN1CCN(C(C)=O)C1=O)NCC(=O)OCc1ccccc1. The van der Waals surface area contributed by atoms with Crippen molar-refractivity contribution in [3.8, 4) is 0 Å². The lowest BCUT2D eigenvalue weighted by atomic mass is 10.2. The molecule has 1 aliphatic rings. The van der Waals surface area contributed by atoms with Gasteiger partial charge in [0.15, 0.2) is 0 Å². The fourth-order valence-electron chi connectivity index (χ4n) is 2.81. The van der Waals surface area contributed by atoms with Crippen LogP contribution in [0.25, 0.3) is 0 Å². The number of carbonyl (C=O) groups is 4. The van der Waals surface area contributed by atoms with E-state index in [9.17, 15) is 19.2 Å². The summed E-state index contributed by atoms with van der Waals surface area (Å²) in [4.78, 5) is 50.0. The normalized spacial score (nSPS) is 14.7. The van der Waals surface area contributed by atoms with Gasteiger partial charge in [-0.15, -0.1) is 0 Å². The smallest absolute Gasteiger partial charge is 0.326 e. The van der Waals surface area contributed by atoms with E-state index >= 15 is 0 Å². The lowest BCUT2D eigenvalue weighted by Crippen LogP contribution is -2.44. The van der Waals surface area contributed by atoms with E-state index in [1.165, 1.54) is 18.9 Å². The van der Waals surface area contributed by atoms with Crippen molar-refractivity contribution >= 4 is 23.9 Å². The summed E-state index contributed by atoms with van der Waals surface area (Å²) in [7, 11) is 1.25. The van der Waals surface area contributed by atoms with Gasteiger partial charge < -0.3 is 14.4 Å². The van der Waals surface area contributed by atoms with Crippen LogP contribution >= 0.6 is 0 Å². The van der Waals surface area contributed by atoms with E-state index in [2.05, 4.69) is 5.32 Å². The molecule has 0 radical (unpaired) electrons. The van der Waals surface area contributed by atoms with Crippen LogP contribution < -0.4 is 5.32 Å². The van der Waals surface area contributed by atoms with Gasteiger partial charge >= 0.3 is 18.0 Å². The third-order valence-electron chi connectivity index (χ3n) is 4.38. The molecule has 0 aliphatic carbocycles. The van der Waals surface area contributed by atoms with Crippen molar-refractivity contribution in [3.05, 3.63) is 35.9 Å². The summed E-state index contributed by atoms with van der Waals surface area (Å²) in [5, 5.41) is 2.81. The number of imide groups is 1. The molecule has 0 aromatic heterocycles. The maximum absolute atomic E-state index is 12.1. The summed E-state index contributed by atoms with van der Waals surface area (Å²) >= 11 is 0. The molecule has 28 heavy (non-hydrogen) atoms. The molecule has 3 amide bonds. The predicted molar refractivity (Wildman–Crippen MR) is 99.0 cm³/mol. The Morgan fingerprint density at radius 3 is 2.50 bits per heavy atom. The highest BCUT2D eigenvalue weighted by Gasteiger charge is 2.32. The fourth-order valence-corrected chi connectivity index (χ4v) is 2.81. The maximum Gasteiger partial charge on any atom is 0.326 e. The van der Waals surface area contributed by atoms with E-state index in [4.69, 9.17) is 9.47 Å². The summed E-state index contributed by atoms with van der Waals surface area (Å²) in [6, 6.07) is 8.11. The highest BCUT2D eigenvalue weighted by Crippen LogP contribution is 2.10. The van der Waals surface area contributed by atoms with Gasteiger partial charge in [0, 0.05) is 26.6 Å². The third kappa shape index (κ3) is 6.05. The second-order valence-corrected chi connectivity index (χ2v) is 6.33. The van der Waals surface area contributed by atoms with Gasteiger partial charge in [-0.2, -0.15) is 0 Å². The molecule has 1 fully saturated rings. The average Bonchev–Trinajstić information content (AvgIpc) is 3.07. The first-order valence-electron chi connectivity index (χ1n) is 9.00. The molecule has 1 heterocycles. The van der Waals surface area contributed by atoms with Crippen LogP contribution in [0.5, 0.6) is 0 Å². The number of amides is 3. The molecule has 1 saturated heterocycles. The Labute approximate surface area is 163 Å². The van der Waals surface area contributed by atoms with E-state index in [1.54, 1.807) is 0 Å². The number of hydrogen-bond donors (Lipinski definition) is 1. The number of urea groups is 1. The first-order valence-corrected chi connectivity index (χ1v) is 9.00. The zero-order valence-corrected chi connectivity index (χ0v) is 16.1. The van der Waals surface area contributed by atoms with Crippen molar-refractivity contribution in [2.45, 2.75) is 26.0 Å². The Hall–Kier alpha value is -2.94. The van der Waals surface area contributed by atoms with Gasteiger partial charge in [-0.3, -0.25) is 24.6 Å². The number of nitrogens with zero attached hydrogens (tertiary/aromatic N) is 2. The molecule has 2 rings (SSSR count). The Bertz CT molecular complexity index is 709. The molecule has 0 spiro atoms. The number of rotatable bonds is 9. The first kappa shape index (κ1) is 21.4. The zero-order chi connectivity index (χ0) is 20.5. The van der Waals surface area contributed by atoms with E-state index in [0.717, 1.165) is 10.5 Å². The van der Waals surface area contributed by atoms with Crippen LogP contribution in [0.15, 0.2) is 30.3 Å². The Kier molecular flexibility index (Phi) is 7.94. The lowest BCUT2D eigenvalue weighted by Gasteiger charge is -2.20. The largest absolute Gasteiger partial charge is 0.468 e. The molecule has 1 aliphatic heterocycles. The third-order valence-corrected chi connectivity index (χ3v) is 4.38. The fraction of sp³-hybridized carbons (Fsp3) is 0.474. The van der Waals surface area contributed by atoms with Gasteiger partial charge in [0.25, 0.3) is 0 Å². The molecule has 9 heteroatoms. The highest BCUT2D eigenvalue weighted by molar-refractivity contribution is 5.94. The van der Waals surface area contributed by atoms with E-state index in [-0.39, 0.29) is 38.1 Å². The number of methoxy groups -OCH3 is 1. The number of nitrogens with one attached hydrogen (secondary N) is 1. The number of esters is 2. The van der Waals surface area contributed by atoms with Crippen LogP contribution in [-0.4, -0.2) is 73.0 Å². The van der Waals surface area contributed by atoms with Crippen molar-refractivity contribution in [1.29, 1.82) is 0 Å². The molecule has 0 bridgehead atoms. The number of carbonyl (C=O) groups excluding carboxylic acids is 4. The topological polar surface area (TPSA) is 105 Å². The Morgan fingerprint density at radius 1 is 1.18 bits per heavy atom. The Balaban J connectivity index is 1.79. The van der Waals surface area contributed by atoms with Crippen LogP contribution in [0.2, 0.25) is 0 Å². The molecule has 152 valence electrons. The number of benzene rings is 1. The number of hydrogen-bond acceptors (Lipinski definition) is 7. The quantitative estimate of drug-likeness (QED) is 0.612. The summed E-state index contributed by atoms with van der Waals surface area (Å²) in [6.07, 6.45) is 0.246. The molecule has 1 aromatic rings. The van der Waals surface area contributed by atoms with Gasteiger partial charge in [0.05, 0.1) is 13.7 Å². The second-order valence-electron chi connectivity index (χ2n) is 6.33. The molecule has 9 nitrogen and oxygen atoms in total. The highest BCUT2D eigenvalue weighted by atomic mass is 16.5. The van der Waals surface area contributed by atoms with Gasteiger partial charge in [-0.1, -0.05) is 30.3 Å². The van der Waals surface area contributed by atoms with Gasteiger partial charge in [-0.05, 0) is 12.0 Å². The van der Waals surface area contributed by atoms with Crippen LogP contribution in [0.1, 0.15) is 18.9 Å². The first-order chi connectivity index (χ1) is 13.4. The van der Waals surface area contributed by atoms with Gasteiger partial charge in [-0.25, -0.2) is 4.79 Å². The average molecular weight is 391 g/mol. The van der Waals surface area contributed by atoms with Gasteiger partial charge in [0.2, 0.25) is 5.91 Å². The predicted octanol–water partition coefficient (Wildman–Crippen LogP) is 0.535. The Morgan fingerprint density at radius 2 is 1.89 bits per heavy atom. The zero-order valence-electron chi connectivity index (χ0n) is 16.1. The standard InChI is InChI=1S/C19H25N3O6/c1-14(23)22-11-10-21(19(22)26)9-8-16(18(25)27-2)20-12-17(24)28-13-15-6-4-3-5-7-15/h3-7,16,20H,8-13H2,1-2H3/t16-/m0/s1. The molecule has 0 unspecified atom stereocenters. The lowest BCUT2D eigenvalue weighted by molar-refractivity contribution is -0.146. The minimum Gasteiger partial charge on any atom is -0.468 e. The van der Waals surface area contributed by atoms with E-state index in [1.807, 2.05) is 30.3 Å². The molecular formula is C19H25N3O6. The maximum atomic E-state index is 12.1. The van der Waals surface area contributed by atoms with Crippen molar-refractivity contribution in [2.24, 2.45) is 0 Å². The minimum absolute atomic E-state index is 0.146. The van der Waals surface area contributed by atoms with E-state index in [0.29, 0.717) is 13.1 Å². The molecule has 1 N–H and O–H groups in total. The summed E-state index contributed by atoms with van der Waals surface area (Å²) in [5.74, 6) is -1.35. The second kappa shape index (κ2) is 10.4. The molecule has 1 atom stereocenters. The minimum atomic E-state index is -0.770. The van der Waals surface area contributed by atoms with Crippen molar-refractivity contribution < 1.29 is 28.7 Å². The molecular weight excluding hydrogens is 366 g/mol. The van der Waals surface area contributed by atoms with E-state index < -0.39 is 18.0 Å². The number of ether oxygens (including phenoxy) is 2. The molecule has 1 aromatic carbocycles. The van der Waals surface area contributed by atoms with Crippen LogP contribution in [0.3, 0.4) is 0 Å². The van der Waals surface area contributed by atoms with Crippen LogP contribution in [0.4, 0.5) is 4.79 Å². The summed E-state index contributed by atoms with van der Waals surface area (Å²) in [6.45, 7) is 2.31.